The Kier molecular flexibility index (Phi) is 4.83. The Morgan fingerprint density at radius 3 is 2.35 bits per heavy atom. The molecule has 0 unspecified atom stereocenters. The molecular weight excluding hydrogens is 228 g/mol. The van der Waals surface area contributed by atoms with Crippen LogP contribution >= 0.6 is 0 Å². The SMILES string of the molecule is C=C(O[Si](=C)OCC1CCC1)C1CCCCC1. The van der Waals surface area contributed by atoms with E-state index in [1.807, 2.05) is 0 Å². The van der Waals surface area contributed by atoms with Gasteiger partial charge in [-0.05, 0) is 37.8 Å². The van der Waals surface area contributed by atoms with Crippen LogP contribution in [0.2, 0.25) is 0 Å². The highest BCUT2D eigenvalue weighted by Gasteiger charge is 2.21. The first kappa shape index (κ1) is 12.9. The molecule has 0 aromatic heterocycles. The Bertz CT molecular complexity index is 278. The molecule has 2 aliphatic carbocycles. The summed E-state index contributed by atoms with van der Waals surface area (Å²) in [6.45, 7) is 4.91. The van der Waals surface area contributed by atoms with Gasteiger partial charge in [-0.3, -0.25) is 0 Å². The Morgan fingerprint density at radius 1 is 1.06 bits per heavy atom. The quantitative estimate of drug-likeness (QED) is 0.533. The van der Waals surface area contributed by atoms with Crippen LogP contribution in [0.5, 0.6) is 0 Å². The minimum atomic E-state index is -1.36. The van der Waals surface area contributed by atoms with Gasteiger partial charge in [-0.25, -0.2) is 0 Å². The molecule has 2 nitrogen and oxygen atoms in total. The van der Waals surface area contributed by atoms with E-state index in [9.17, 15) is 0 Å². The van der Waals surface area contributed by atoms with Gasteiger partial charge in [-0.1, -0.05) is 32.3 Å². The van der Waals surface area contributed by atoms with Crippen LogP contribution in [0.25, 0.3) is 0 Å². The van der Waals surface area contributed by atoms with Gasteiger partial charge in [0.25, 0.3) is 0 Å². The molecular formula is C14H24O2Si. The second-order valence-electron chi connectivity index (χ2n) is 5.38. The lowest BCUT2D eigenvalue weighted by Gasteiger charge is -2.27. The van der Waals surface area contributed by atoms with Gasteiger partial charge in [0.1, 0.15) is 0 Å². The van der Waals surface area contributed by atoms with E-state index in [2.05, 4.69) is 12.8 Å². The summed E-state index contributed by atoms with van der Waals surface area (Å²) in [6.07, 6.45) is 14.5. The highest BCUT2D eigenvalue weighted by atomic mass is 28.3. The van der Waals surface area contributed by atoms with Crippen molar-refractivity contribution in [1.29, 1.82) is 0 Å². The Hall–Kier alpha value is -0.573. The first-order chi connectivity index (χ1) is 8.25. The number of allylic oxidation sites excluding steroid dienone is 1. The van der Waals surface area contributed by atoms with Crippen LogP contribution < -0.4 is 0 Å². The fourth-order valence-electron chi connectivity index (χ4n) is 2.55. The average molecular weight is 252 g/mol. The summed E-state index contributed by atoms with van der Waals surface area (Å²) in [7, 11) is -1.36. The van der Waals surface area contributed by atoms with Crippen molar-refractivity contribution < 1.29 is 8.85 Å². The number of rotatable bonds is 6. The summed E-state index contributed by atoms with van der Waals surface area (Å²) >= 11 is 0. The number of hydrogen-bond acceptors (Lipinski definition) is 2. The van der Waals surface area contributed by atoms with Crippen molar-refractivity contribution in [2.24, 2.45) is 11.8 Å². The van der Waals surface area contributed by atoms with Crippen LogP contribution in [0.4, 0.5) is 0 Å². The molecule has 0 aromatic rings. The summed E-state index contributed by atoms with van der Waals surface area (Å²) < 4.78 is 11.5. The third-order valence-corrected chi connectivity index (χ3v) is 4.99. The normalized spacial score (nSPS) is 21.6. The van der Waals surface area contributed by atoms with Gasteiger partial charge in [-0.15, -0.1) is 0 Å². The predicted molar refractivity (Wildman–Crippen MR) is 73.0 cm³/mol. The number of hydrogen-bond donors (Lipinski definition) is 0. The summed E-state index contributed by atoms with van der Waals surface area (Å²) in [5.74, 6) is 2.25. The van der Waals surface area contributed by atoms with Crippen molar-refractivity contribution in [1.82, 2.24) is 0 Å². The summed E-state index contributed by atoms with van der Waals surface area (Å²) in [6, 6.07) is 0. The highest BCUT2D eigenvalue weighted by Crippen LogP contribution is 2.29. The second-order valence-corrected chi connectivity index (χ2v) is 6.62. The third-order valence-electron chi connectivity index (χ3n) is 4.01. The summed E-state index contributed by atoms with van der Waals surface area (Å²) in [4.78, 5) is 0. The largest absolute Gasteiger partial charge is 0.523 e. The van der Waals surface area contributed by atoms with E-state index in [4.69, 9.17) is 8.85 Å². The molecule has 0 amide bonds. The molecule has 3 heteroatoms. The smallest absolute Gasteiger partial charge is 0.477 e. The predicted octanol–water partition coefficient (Wildman–Crippen LogP) is 3.42. The lowest BCUT2D eigenvalue weighted by molar-refractivity contribution is 0.153. The van der Waals surface area contributed by atoms with Crippen LogP contribution in [0.3, 0.4) is 0 Å². The fraction of sp³-hybridized carbons (Fsp3) is 0.786. The first-order valence-corrected chi connectivity index (χ1v) is 8.46. The van der Waals surface area contributed by atoms with Crippen molar-refractivity contribution >= 4 is 15.1 Å². The highest BCUT2D eigenvalue weighted by molar-refractivity contribution is 6.49. The van der Waals surface area contributed by atoms with Gasteiger partial charge in [0, 0.05) is 5.92 Å². The van der Waals surface area contributed by atoms with E-state index >= 15 is 0 Å². The summed E-state index contributed by atoms with van der Waals surface area (Å²) in [5.41, 5.74) is 0. The van der Waals surface area contributed by atoms with Crippen molar-refractivity contribution in [3.8, 4) is 0 Å². The Labute approximate surface area is 106 Å². The van der Waals surface area contributed by atoms with Gasteiger partial charge in [0.15, 0.2) is 0 Å². The molecule has 0 radical (unpaired) electrons. The van der Waals surface area contributed by atoms with Crippen LogP contribution in [-0.2, 0) is 8.85 Å². The maximum Gasteiger partial charge on any atom is 0.477 e. The minimum Gasteiger partial charge on any atom is -0.523 e. The van der Waals surface area contributed by atoms with Crippen molar-refractivity contribution in [3.05, 3.63) is 12.3 Å². The first-order valence-electron chi connectivity index (χ1n) is 6.94. The molecule has 2 aliphatic rings. The molecule has 0 saturated heterocycles. The molecule has 2 saturated carbocycles. The lowest BCUT2D eigenvalue weighted by atomic mass is 9.86. The molecule has 0 aromatic carbocycles. The fourth-order valence-corrected chi connectivity index (χ4v) is 3.49. The average Bonchev–Trinajstić information content (AvgIpc) is 2.28. The monoisotopic (exact) mass is 252 g/mol. The second kappa shape index (κ2) is 6.38. The zero-order valence-electron chi connectivity index (χ0n) is 10.7. The van der Waals surface area contributed by atoms with Gasteiger partial charge in [-0.2, -0.15) is 0 Å². The Morgan fingerprint density at radius 2 is 1.76 bits per heavy atom. The zero-order valence-corrected chi connectivity index (χ0v) is 11.7. The van der Waals surface area contributed by atoms with Gasteiger partial charge in [0.2, 0.25) is 0 Å². The van der Waals surface area contributed by atoms with Crippen LogP contribution in [0.15, 0.2) is 12.3 Å². The third kappa shape index (κ3) is 3.98. The van der Waals surface area contributed by atoms with E-state index < -0.39 is 8.90 Å². The van der Waals surface area contributed by atoms with E-state index in [1.165, 1.54) is 51.4 Å². The topological polar surface area (TPSA) is 18.5 Å². The standard InChI is InChI=1S/C14H24O2Si/c1-12(14-9-4-3-5-10-14)16-17(2)15-11-13-7-6-8-13/h13-14H,1-11H2. The molecule has 17 heavy (non-hydrogen) atoms. The molecule has 0 aliphatic heterocycles. The molecule has 0 heterocycles. The maximum absolute atomic E-state index is 5.78. The molecule has 0 N–H and O–H groups in total. The van der Waals surface area contributed by atoms with E-state index in [1.54, 1.807) is 0 Å². The van der Waals surface area contributed by atoms with Crippen molar-refractivity contribution in [2.45, 2.75) is 51.4 Å². The van der Waals surface area contributed by atoms with Gasteiger partial charge >= 0.3 is 8.90 Å². The maximum atomic E-state index is 5.78. The zero-order chi connectivity index (χ0) is 12.1. The molecule has 96 valence electrons. The molecule has 0 atom stereocenters. The van der Waals surface area contributed by atoms with Crippen molar-refractivity contribution in [2.75, 3.05) is 6.61 Å². The van der Waals surface area contributed by atoms with Crippen molar-refractivity contribution in [3.63, 3.8) is 0 Å². The van der Waals surface area contributed by atoms with Crippen LogP contribution in [0, 0.1) is 11.8 Å². The minimum absolute atomic E-state index is 0.554. The van der Waals surface area contributed by atoms with E-state index in [0.717, 1.165) is 18.3 Å². The van der Waals surface area contributed by atoms with E-state index in [0.29, 0.717) is 5.92 Å². The molecule has 0 spiro atoms. The van der Waals surface area contributed by atoms with Crippen LogP contribution in [-0.4, -0.2) is 21.7 Å². The molecule has 2 fully saturated rings. The summed E-state index contributed by atoms with van der Waals surface area (Å²) in [5, 5.41) is 0. The van der Waals surface area contributed by atoms with Gasteiger partial charge in [0.05, 0.1) is 12.4 Å². The lowest BCUT2D eigenvalue weighted by Crippen LogP contribution is -2.24. The van der Waals surface area contributed by atoms with Gasteiger partial charge < -0.3 is 8.85 Å². The molecule has 0 bridgehead atoms. The molecule has 2 rings (SSSR count). The Balaban J connectivity index is 1.64. The van der Waals surface area contributed by atoms with Crippen LogP contribution in [0.1, 0.15) is 51.4 Å². The van der Waals surface area contributed by atoms with E-state index in [-0.39, 0.29) is 0 Å².